The predicted molar refractivity (Wildman–Crippen MR) is 54.3 cm³/mol. The highest BCUT2D eigenvalue weighted by atomic mass is 19.1. The average Bonchev–Trinajstić information content (AvgIpc) is 2.27. The molecule has 0 saturated heterocycles. The molecule has 0 N–H and O–H groups in total. The van der Waals surface area contributed by atoms with Crippen LogP contribution in [0, 0.1) is 11.8 Å². The molecule has 1 heterocycles. The van der Waals surface area contributed by atoms with E-state index in [1.165, 1.54) is 0 Å². The van der Waals surface area contributed by atoms with E-state index in [-0.39, 0.29) is 11.7 Å². The van der Waals surface area contributed by atoms with Crippen molar-refractivity contribution in [3.63, 3.8) is 0 Å². The first kappa shape index (κ1) is 9.75. The van der Waals surface area contributed by atoms with Crippen LogP contribution in [0.1, 0.15) is 33.1 Å². The molecule has 0 aromatic carbocycles. The molecular formula is C12H17FO. The second-order valence-electron chi connectivity index (χ2n) is 4.54. The summed E-state index contributed by atoms with van der Waals surface area (Å²) in [5, 5.41) is 0. The van der Waals surface area contributed by atoms with E-state index in [4.69, 9.17) is 4.74 Å². The first-order chi connectivity index (χ1) is 6.66. The number of allylic oxidation sites excluding steroid dienone is 4. The molecule has 1 aliphatic heterocycles. The quantitative estimate of drug-likeness (QED) is 0.575. The molecule has 0 aromatic rings. The number of hydrogen-bond acceptors (Lipinski definition) is 1. The van der Waals surface area contributed by atoms with E-state index < -0.39 is 0 Å². The van der Waals surface area contributed by atoms with Crippen molar-refractivity contribution in [1.82, 2.24) is 0 Å². The first-order valence-electron chi connectivity index (χ1n) is 5.38. The maximum absolute atomic E-state index is 13.5. The molecule has 0 aromatic heterocycles. The van der Waals surface area contributed by atoms with Crippen LogP contribution in [0.5, 0.6) is 0 Å². The largest absolute Gasteiger partial charge is 0.497 e. The smallest absolute Gasteiger partial charge is 0.103 e. The van der Waals surface area contributed by atoms with Gasteiger partial charge in [0, 0.05) is 12.3 Å². The lowest BCUT2D eigenvalue weighted by atomic mass is 9.97. The van der Waals surface area contributed by atoms with Crippen LogP contribution in [0.3, 0.4) is 0 Å². The number of hydrogen-bond donors (Lipinski definition) is 0. The van der Waals surface area contributed by atoms with E-state index >= 15 is 0 Å². The number of rotatable bonds is 0. The Morgan fingerprint density at radius 2 is 2.21 bits per heavy atom. The Morgan fingerprint density at radius 1 is 1.43 bits per heavy atom. The Balaban J connectivity index is 2.25. The van der Waals surface area contributed by atoms with Crippen molar-refractivity contribution in [2.75, 3.05) is 6.61 Å². The van der Waals surface area contributed by atoms with Crippen LogP contribution in [-0.2, 0) is 4.74 Å². The van der Waals surface area contributed by atoms with Crippen LogP contribution >= 0.6 is 0 Å². The minimum atomic E-state index is 0.0210. The van der Waals surface area contributed by atoms with E-state index in [2.05, 4.69) is 6.92 Å². The molecule has 0 spiro atoms. The normalized spacial score (nSPS) is 32.9. The van der Waals surface area contributed by atoms with Gasteiger partial charge in [0.15, 0.2) is 0 Å². The second-order valence-corrected chi connectivity index (χ2v) is 4.54. The maximum Gasteiger partial charge on any atom is 0.103 e. The molecule has 0 fully saturated rings. The monoisotopic (exact) mass is 196 g/mol. The molecule has 0 saturated carbocycles. The third kappa shape index (κ3) is 1.84. The maximum atomic E-state index is 13.5. The topological polar surface area (TPSA) is 9.23 Å². The van der Waals surface area contributed by atoms with E-state index in [0.717, 1.165) is 37.2 Å². The lowest BCUT2D eigenvalue weighted by Crippen LogP contribution is -2.14. The lowest BCUT2D eigenvalue weighted by molar-refractivity contribution is 0.141. The van der Waals surface area contributed by atoms with Gasteiger partial charge in [-0.05, 0) is 30.4 Å². The summed E-state index contributed by atoms with van der Waals surface area (Å²) in [7, 11) is 0. The van der Waals surface area contributed by atoms with Crippen LogP contribution in [0.15, 0.2) is 23.2 Å². The molecule has 0 bridgehead atoms. The standard InChI is InChI=1S/C12H17FO/c1-8-5-10-6-11(13)9(2)3-4-12(10)14-7-8/h6,8-9H,3-5,7H2,1-2H3. The molecular weight excluding hydrogens is 179 g/mol. The van der Waals surface area contributed by atoms with Crippen molar-refractivity contribution in [3.05, 3.63) is 23.2 Å². The van der Waals surface area contributed by atoms with Crippen molar-refractivity contribution in [1.29, 1.82) is 0 Å². The minimum absolute atomic E-state index is 0.0210. The van der Waals surface area contributed by atoms with Crippen LogP contribution in [0.2, 0.25) is 0 Å². The van der Waals surface area contributed by atoms with E-state index in [1.807, 2.05) is 6.92 Å². The summed E-state index contributed by atoms with van der Waals surface area (Å²) in [5.41, 5.74) is 1.09. The van der Waals surface area contributed by atoms with Crippen LogP contribution < -0.4 is 0 Å². The third-order valence-electron chi connectivity index (χ3n) is 3.06. The summed E-state index contributed by atoms with van der Waals surface area (Å²) in [5.74, 6) is 1.63. The van der Waals surface area contributed by atoms with E-state index in [1.54, 1.807) is 6.08 Å². The van der Waals surface area contributed by atoms with Crippen LogP contribution in [0.25, 0.3) is 0 Å². The van der Waals surface area contributed by atoms with Crippen LogP contribution in [-0.4, -0.2) is 6.61 Å². The van der Waals surface area contributed by atoms with Gasteiger partial charge in [-0.3, -0.25) is 0 Å². The SMILES string of the molecule is CC1COC2=C(C=C(F)C(C)CC2)C1. The van der Waals surface area contributed by atoms with Crippen molar-refractivity contribution >= 4 is 0 Å². The van der Waals surface area contributed by atoms with Gasteiger partial charge in [0.05, 0.1) is 12.4 Å². The third-order valence-corrected chi connectivity index (χ3v) is 3.06. The number of ether oxygens (including phenoxy) is 1. The summed E-state index contributed by atoms with van der Waals surface area (Å²) >= 11 is 0. The fraction of sp³-hybridized carbons (Fsp3) is 0.667. The molecule has 2 aliphatic rings. The molecule has 2 heteroatoms. The summed E-state index contributed by atoms with van der Waals surface area (Å²) < 4.78 is 19.1. The van der Waals surface area contributed by atoms with Crippen molar-refractivity contribution in [2.24, 2.45) is 11.8 Å². The number of halogens is 1. The minimum Gasteiger partial charge on any atom is -0.497 e. The van der Waals surface area contributed by atoms with Gasteiger partial charge < -0.3 is 4.74 Å². The Morgan fingerprint density at radius 3 is 3.00 bits per heavy atom. The zero-order chi connectivity index (χ0) is 10.1. The molecule has 1 aliphatic carbocycles. The highest BCUT2D eigenvalue weighted by molar-refractivity contribution is 5.29. The van der Waals surface area contributed by atoms with Gasteiger partial charge >= 0.3 is 0 Å². The molecule has 14 heavy (non-hydrogen) atoms. The predicted octanol–water partition coefficient (Wildman–Crippen LogP) is 3.58. The van der Waals surface area contributed by atoms with Gasteiger partial charge in [0.25, 0.3) is 0 Å². The summed E-state index contributed by atoms with van der Waals surface area (Å²) in [6.07, 6.45) is 4.43. The highest BCUT2D eigenvalue weighted by Gasteiger charge is 2.23. The fourth-order valence-corrected chi connectivity index (χ4v) is 2.05. The van der Waals surface area contributed by atoms with Gasteiger partial charge in [0.2, 0.25) is 0 Å². The van der Waals surface area contributed by atoms with Gasteiger partial charge in [-0.15, -0.1) is 0 Å². The highest BCUT2D eigenvalue weighted by Crippen LogP contribution is 2.34. The fourth-order valence-electron chi connectivity index (χ4n) is 2.05. The van der Waals surface area contributed by atoms with E-state index in [9.17, 15) is 4.39 Å². The van der Waals surface area contributed by atoms with Crippen LogP contribution in [0.4, 0.5) is 4.39 Å². The first-order valence-corrected chi connectivity index (χ1v) is 5.38. The Kier molecular flexibility index (Phi) is 2.62. The zero-order valence-corrected chi connectivity index (χ0v) is 8.85. The molecule has 1 nitrogen and oxygen atoms in total. The molecule has 0 amide bonds. The van der Waals surface area contributed by atoms with E-state index in [0.29, 0.717) is 5.92 Å². The molecule has 0 radical (unpaired) electrons. The molecule has 2 unspecified atom stereocenters. The van der Waals surface area contributed by atoms with Gasteiger partial charge in [0.1, 0.15) is 5.83 Å². The van der Waals surface area contributed by atoms with Gasteiger partial charge in [-0.25, -0.2) is 4.39 Å². The zero-order valence-electron chi connectivity index (χ0n) is 8.85. The Hall–Kier alpha value is -0.790. The van der Waals surface area contributed by atoms with Gasteiger partial charge in [-0.1, -0.05) is 13.8 Å². The summed E-state index contributed by atoms with van der Waals surface area (Å²) in [4.78, 5) is 0. The summed E-state index contributed by atoms with van der Waals surface area (Å²) in [6.45, 7) is 4.88. The second kappa shape index (κ2) is 3.76. The Labute approximate surface area is 84.6 Å². The molecule has 2 atom stereocenters. The van der Waals surface area contributed by atoms with Crippen molar-refractivity contribution in [2.45, 2.75) is 33.1 Å². The lowest BCUT2D eigenvalue weighted by Gasteiger charge is -2.23. The molecule has 78 valence electrons. The summed E-state index contributed by atoms with van der Waals surface area (Å²) in [6, 6.07) is 0. The van der Waals surface area contributed by atoms with Gasteiger partial charge in [-0.2, -0.15) is 0 Å². The van der Waals surface area contributed by atoms with Crippen molar-refractivity contribution < 1.29 is 9.13 Å². The van der Waals surface area contributed by atoms with Crippen molar-refractivity contribution in [3.8, 4) is 0 Å². The molecule has 2 rings (SSSR count). The average molecular weight is 196 g/mol. The Bertz CT molecular complexity index is 291.